The Kier molecular flexibility index (Phi) is 6.78. The van der Waals surface area contributed by atoms with E-state index in [1.807, 2.05) is 36.4 Å². The molecule has 29 heavy (non-hydrogen) atoms. The highest BCUT2D eigenvalue weighted by atomic mass is 16.5. The van der Waals surface area contributed by atoms with E-state index < -0.39 is 0 Å². The average Bonchev–Trinajstić information content (AvgIpc) is 3.11. The summed E-state index contributed by atoms with van der Waals surface area (Å²) in [5, 5.41) is 20.0. The fourth-order valence-corrected chi connectivity index (χ4v) is 3.44. The number of phenolic OH excluding ortho intramolecular Hbond substituents is 1. The molecule has 0 saturated carbocycles. The molecule has 0 bridgehead atoms. The van der Waals surface area contributed by atoms with Gasteiger partial charge in [-0.2, -0.15) is 0 Å². The SMILES string of the molecule is CCCCCCCCOc1cc(-n2nc3ccccc3n2)c(O)c(C(C)(C)C)c1. The number of nitrogens with zero attached hydrogens (tertiary/aromatic N) is 3. The Balaban J connectivity index is 1.83. The van der Waals surface area contributed by atoms with E-state index in [-0.39, 0.29) is 11.2 Å². The van der Waals surface area contributed by atoms with Crippen LogP contribution in [0.25, 0.3) is 16.7 Å². The zero-order valence-corrected chi connectivity index (χ0v) is 18.1. The fraction of sp³-hybridized carbons (Fsp3) is 0.500. The predicted octanol–water partition coefficient (Wildman–Crippen LogP) is 6.16. The van der Waals surface area contributed by atoms with Gasteiger partial charge in [0.05, 0.1) is 6.61 Å². The van der Waals surface area contributed by atoms with Gasteiger partial charge in [0.2, 0.25) is 0 Å². The van der Waals surface area contributed by atoms with Crippen molar-refractivity contribution in [2.24, 2.45) is 0 Å². The predicted molar refractivity (Wildman–Crippen MR) is 118 cm³/mol. The standard InChI is InChI=1S/C24H33N3O2/c1-5-6-7-8-9-12-15-29-18-16-19(24(2,3)4)23(28)22(17-18)27-25-20-13-10-11-14-21(20)26-27/h10-11,13-14,16-17,28H,5-9,12,15H2,1-4H3. The molecule has 0 aliphatic rings. The van der Waals surface area contributed by atoms with Crippen LogP contribution in [0, 0.1) is 0 Å². The van der Waals surface area contributed by atoms with E-state index in [1.165, 1.54) is 36.9 Å². The molecule has 1 aromatic heterocycles. The first-order valence-electron chi connectivity index (χ1n) is 10.7. The van der Waals surface area contributed by atoms with Gasteiger partial charge in [-0.3, -0.25) is 0 Å². The van der Waals surface area contributed by atoms with Gasteiger partial charge in [-0.1, -0.05) is 71.9 Å². The highest BCUT2D eigenvalue weighted by Gasteiger charge is 2.23. The number of phenols is 1. The Morgan fingerprint density at radius 1 is 0.931 bits per heavy atom. The van der Waals surface area contributed by atoms with Crippen LogP contribution in [-0.4, -0.2) is 26.7 Å². The molecule has 0 aliphatic heterocycles. The lowest BCUT2D eigenvalue weighted by Gasteiger charge is -2.23. The lowest BCUT2D eigenvalue weighted by Crippen LogP contribution is -2.14. The minimum absolute atomic E-state index is 0.199. The third-order valence-corrected chi connectivity index (χ3v) is 5.14. The fourth-order valence-electron chi connectivity index (χ4n) is 3.44. The monoisotopic (exact) mass is 395 g/mol. The van der Waals surface area contributed by atoms with Crippen LogP contribution in [0.4, 0.5) is 0 Å². The van der Waals surface area contributed by atoms with Crippen molar-refractivity contribution >= 4 is 11.0 Å². The number of benzene rings is 2. The number of unbranched alkanes of at least 4 members (excludes halogenated alkanes) is 5. The number of aromatic nitrogens is 3. The van der Waals surface area contributed by atoms with Crippen LogP contribution in [0.15, 0.2) is 36.4 Å². The molecule has 2 aromatic carbocycles. The van der Waals surface area contributed by atoms with Crippen molar-refractivity contribution in [2.75, 3.05) is 6.61 Å². The van der Waals surface area contributed by atoms with Gasteiger partial charge in [-0.25, -0.2) is 0 Å². The topological polar surface area (TPSA) is 60.2 Å². The van der Waals surface area contributed by atoms with E-state index in [9.17, 15) is 5.11 Å². The molecule has 3 aromatic rings. The summed E-state index contributed by atoms with van der Waals surface area (Å²) < 4.78 is 6.06. The Hall–Kier alpha value is -2.56. The summed E-state index contributed by atoms with van der Waals surface area (Å²) in [6.45, 7) is 9.15. The van der Waals surface area contributed by atoms with E-state index in [1.54, 1.807) is 0 Å². The van der Waals surface area contributed by atoms with E-state index in [0.29, 0.717) is 12.3 Å². The second-order valence-electron chi connectivity index (χ2n) is 8.68. The van der Waals surface area contributed by atoms with Crippen LogP contribution in [0.1, 0.15) is 71.8 Å². The maximum Gasteiger partial charge on any atom is 0.147 e. The first kappa shape index (κ1) is 21.2. The van der Waals surface area contributed by atoms with Gasteiger partial charge in [-0.15, -0.1) is 15.0 Å². The molecule has 0 radical (unpaired) electrons. The summed E-state index contributed by atoms with van der Waals surface area (Å²) in [4.78, 5) is 1.51. The highest BCUT2D eigenvalue weighted by molar-refractivity contribution is 5.74. The van der Waals surface area contributed by atoms with Gasteiger partial charge >= 0.3 is 0 Å². The number of fused-ring (bicyclic) bond motifs is 1. The van der Waals surface area contributed by atoms with Crippen molar-refractivity contribution in [2.45, 2.75) is 71.6 Å². The molecule has 0 unspecified atom stereocenters. The molecule has 3 rings (SSSR count). The Bertz CT molecular complexity index is 908. The molecule has 1 heterocycles. The highest BCUT2D eigenvalue weighted by Crippen LogP contribution is 2.38. The maximum atomic E-state index is 11.0. The van der Waals surface area contributed by atoms with Crippen molar-refractivity contribution < 1.29 is 9.84 Å². The Morgan fingerprint density at radius 2 is 1.55 bits per heavy atom. The molecule has 0 fully saturated rings. The molecular formula is C24H33N3O2. The van der Waals surface area contributed by atoms with Gasteiger partial charge in [0.15, 0.2) is 0 Å². The molecule has 0 amide bonds. The molecule has 0 saturated heterocycles. The van der Waals surface area contributed by atoms with Crippen molar-refractivity contribution in [1.29, 1.82) is 0 Å². The summed E-state index contributed by atoms with van der Waals surface area (Å²) in [5.41, 5.74) is 2.73. The number of aromatic hydroxyl groups is 1. The van der Waals surface area contributed by atoms with Crippen molar-refractivity contribution in [1.82, 2.24) is 15.0 Å². The first-order valence-corrected chi connectivity index (χ1v) is 10.7. The van der Waals surface area contributed by atoms with Gasteiger partial charge in [0.1, 0.15) is 28.2 Å². The molecule has 0 atom stereocenters. The zero-order chi connectivity index (χ0) is 20.9. The largest absolute Gasteiger partial charge is 0.505 e. The molecule has 156 valence electrons. The Morgan fingerprint density at radius 3 is 2.17 bits per heavy atom. The smallest absolute Gasteiger partial charge is 0.147 e. The van der Waals surface area contributed by atoms with Crippen LogP contribution in [0.3, 0.4) is 0 Å². The second kappa shape index (κ2) is 9.29. The molecule has 0 aliphatic carbocycles. The van der Waals surface area contributed by atoms with E-state index >= 15 is 0 Å². The van der Waals surface area contributed by atoms with Crippen LogP contribution in [0.5, 0.6) is 11.5 Å². The lowest BCUT2D eigenvalue weighted by molar-refractivity contribution is 0.302. The maximum absolute atomic E-state index is 11.0. The third kappa shape index (κ3) is 5.28. The average molecular weight is 396 g/mol. The van der Waals surface area contributed by atoms with Gasteiger partial charge in [-0.05, 0) is 30.0 Å². The summed E-state index contributed by atoms with van der Waals surface area (Å²) in [7, 11) is 0. The second-order valence-corrected chi connectivity index (χ2v) is 8.68. The number of rotatable bonds is 9. The molecule has 1 N–H and O–H groups in total. The van der Waals surface area contributed by atoms with Crippen LogP contribution in [0.2, 0.25) is 0 Å². The van der Waals surface area contributed by atoms with Gasteiger partial charge in [0, 0.05) is 11.6 Å². The van der Waals surface area contributed by atoms with E-state index in [2.05, 4.69) is 37.9 Å². The van der Waals surface area contributed by atoms with E-state index in [4.69, 9.17) is 4.74 Å². The van der Waals surface area contributed by atoms with Crippen molar-refractivity contribution in [3.05, 3.63) is 42.0 Å². The zero-order valence-electron chi connectivity index (χ0n) is 18.1. The summed E-state index contributed by atoms with van der Waals surface area (Å²) >= 11 is 0. The summed E-state index contributed by atoms with van der Waals surface area (Å²) in [6, 6.07) is 11.5. The molecule has 5 heteroatoms. The molecule has 5 nitrogen and oxygen atoms in total. The van der Waals surface area contributed by atoms with E-state index in [0.717, 1.165) is 28.8 Å². The first-order chi connectivity index (χ1) is 13.9. The minimum Gasteiger partial charge on any atom is -0.505 e. The number of hydrogen-bond acceptors (Lipinski definition) is 4. The number of hydrogen-bond donors (Lipinski definition) is 1. The lowest BCUT2D eigenvalue weighted by atomic mass is 9.86. The van der Waals surface area contributed by atoms with Crippen LogP contribution >= 0.6 is 0 Å². The summed E-state index contributed by atoms with van der Waals surface area (Å²) in [5.74, 6) is 0.947. The molecular weight excluding hydrogens is 362 g/mol. The minimum atomic E-state index is -0.231. The quantitative estimate of drug-likeness (QED) is 0.441. The number of ether oxygens (including phenoxy) is 1. The van der Waals surface area contributed by atoms with Crippen molar-refractivity contribution in [3.63, 3.8) is 0 Å². The van der Waals surface area contributed by atoms with Crippen LogP contribution in [-0.2, 0) is 5.41 Å². The van der Waals surface area contributed by atoms with Gasteiger partial charge in [0.25, 0.3) is 0 Å². The van der Waals surface area contributed by atoms with Crippen molar-refractivity contribution in [3.8, 4) is 17.2 Å². The van der Waals surface area contributed by atoms with Crippen LogP contribution < -0.4 is 4.74 Å². The Labute approximate surface area is 173 Å². The molecule has 0 spiro atoms. The van der Waals surface area contributed by atoms with Gasteiger partial charge < -0.3 is 9.84 Å². The normalized spacial score (nSPS) is 11.9. The summed E-state index contributed by atoms with van der Waals surface area (Å²) in [6.07, 6.45) is 7.35. The third-order valence-electron chi connectivity index (χ3n) is 5.14.